The van der Waals surface area contributed by atoms with Gasteiger partial charge in [0.15, 0.2) is 55.5 Å². The van der Waals surface area contributed by atoms with Gasteiger partial charge in [-0.2, -0.15) is 0 Å². The van der Waals surface area contributed by atoms with Gasteiger partial charge in [0.25, 0.3) is 8.53 Å². The first-order chi connectivity index (χ1) is 65.0. The molecule has 3 saturated heterocycles. The van der Waals surface area contributed by atoms with Crippen molar-refractivity contribution in [1.29, 1.82) is 0 Å². The van der Waals surface area contributed by atoms with Crippen molar-refractivity contribution in [3.63, 3.8) is 0 Å². The molecular weight excluding hydrogens is 1840 g/mol. The van der Waals surface area contributed by atoms with Gasteiger partial charge in [-0.05, 0) is 59.8 Å². The highest BCUT2D eigenvalue weighted by Crippen LogP contribution is 2.49. The number of hydrogen-bond acceptors (Lipinski definition) is 41. The summed E-state index contributed by atoms with van der Waals surface area (Å²) < 4.78 is 135. The average Bonchev–Trinajstić information content (AvgIpc) is 0.792. The van der Waals surface area contributed by atoms with Gasteiger partial charge in [0, 0.05) is 153 Å². The van der Waals surface area contributed by atoms with Crippen molar-refractivity contribution in [2.45, 2.75) is 284 Å². The van der Waals surface area contributed by atoms with Crippen LogP contribution < -0.4 is 42.5 Å². The lowest BCUT2D eigenvalue weighted by atomic mass is 9.86. The lowest BCUT2D eigenvalue weighted by molar-refractivity contribution is -0.279. The van der Waals surface area contributed by atoms with Gasteiger partial charge in [-0.1, -0.05) is 0 Å². The second-order valence-electron chi connectivity index (χ2n) is 32.7. The maximum Gasteiger partial charge on any atom is 0.303 e. The smallest absolute Gasteiger partial charge is 0.303 e. The van der Waals surface area contributed by atoms with Gasteiger partial charge in [0.2, 0.25) is 47.3 Å². The topological polar surface area (TPSA) is 602 Å². The highest BCUT2D eigenvalue weighted by Gasteiger charge is 2.55. The van der Waals surface area contributed by atoms with Crippen molar-refractivity contribution in [3.05, 3.63) is 0 Å². The summed E-state index contributed by atoms with van der Waals surface area (Å²) in [5, 5.41) is 21.9. The van der Waals surface area contributed by atoms with Crippen molar-refractivity contribution in [1.82, 2.24) is 47.2 Å². The van der Waals surface area contributed by atoms with Crippen molar-refractivity contribution < 1.29 is 190 Å². The van der Waals surface area contributed by atoms with E-state index in [-0.39, 0.29) is 169 Å². The van der Waals surface area contributed by atoms with Crippen LogP contribution >= 0.6 is 8.53 Å². The Morgan fingerprint density at radius 3 is 1.04 bits per heavy atom. The van der Waals surface area contributed by atoms with E-state index in [9.17, 15) is 81.5 Å². The summed E-state index contributed by atoms with van der Waals surface area (Å²) in [6, 6.07) is -3.59. The van der Waals surface area contributed by atoms with E-state index in [0.29, 0.717) is 32.1 Å². The minimum atomic E-state index is -1.58. The first-order valence-corrected chi connectivity index (χ1v) is 46.4. The molecular formula is C87H140N9O40P. The Hall–Kier alpha value is -9.62. The number of amides is 8. The number of hydrogen-bond donors (Lipinski definition) is 8. The normalized spacial score (nSPS) is 23.6. The van der Waals surface area contributed by atoms with Crippen molar-refractivity contribution >= 4 is 110 Å². The molecule has 16 unspecified atom stereocenters. The Morgan fingerprint density at radius 1 is 0.387 bits per heavy atom. The van der Waals surface area contributed by atoms with Crippen molar-refractivity contribution in [2.75, 3.05) is 152 Å². The van der Waals surface area contributed by atoms with Gasteiger partial charge >= 0.3 is 53.7 Å². The summed E-state index contributed by atoms with van der Waals surface area (Å²) in [7, 11) is -1.56. The third-order valence-electron chi connectivity index (χ3n) is 20.0. The minimum Gasteiger partial charge on any atom is -0.463 e. The standard InChI is InChI=1S/C87H140N9O40P/c1-18-19-32-126-137(96(51(2)3)52(4)5)136-66-23-21-65(22-24-66)83(113)95-87(49-118-34-26-71(110)90-30-36-114-38-41-120-84-74(92-53(6)97)80(130-62(15)106)77(127-59(12)103)67(133-84)44-123-56(9)100,50-119-35-27-72(111)91-31-37-115-39-42-121-85-75(93-54(7)98)81(131-63(16)107)78(128-60(13)104)68(134-85)45-124-57(10)101)48-117-33-25-70(109)88-28-20-29-89-73(112)47-116-40-43-122-86-76(94-55(8)99)82(132-64(17)108)79(129-61(14)105)69(135-86)46-125-58(11)102/h1,51-52,65-69,74-82,84-86H,19-50H2,2-17H3,(H,88,109)(H,89,112)(H,90,110)(H,91,111)(H,92,97)(H,93,98)(H,94,99)(H,95,113). The zero-order chi connectivity index (χ0) is 102. The molecule has 4 rings (SSSR count). The van der Waals surface area contributed by atoms with Crippen LogP contribution in [0.25, 0.3) is 0 Å². The molecule has 0 spiro atoms. The van der Waals surface area contributed by atoms with E-state index in [1.165, 1.54) is 20.8 Å². The Labute approximate surface area is 797 Å². The Bertz CT molecular complexity index is 3740. The zero-order valence-corrected chi connectivity index (χ0v) is 81.8. The first-order valence-electron chi connectivity index (χ1n) is 45.2. The molecule has 0 aromatic carbocycles. The summed E-state index contributed by atoms with van der Waals surface area (Å²) in [5.74, 6) is -8.96. The monoisotopic (exact) mass is 1980 g/mol. The maximum absolute atomic E-state index is 14.9. The molecule has 0 aromatic rings. The molecule has 0 bridgehead atoms. The number of nitrogens with one attached hydrogen (secondary N) is 8. The molecule has 4 fully saturated rings. The van der Waals surface area contributed by atoms with Crippen LogP contribution in [0, 0.1) is 18.3 Å². The SMILES string of the molecule is C#CCCOP(OC1CCC(C(=O)NC(COCCC(=O)NCCCNC(=O)COCCOC2OC(COC(C)=O)C(OC(C)=O)C(OC(C)=O)C2NC(C)=O)(COCCC(=O)NCCOCCOC2OC(COC(C)=O)C(OC(C)=O)C(OC(C)=O)C2NC(C)=O)COCCC(=O)NCCOCCOC2OC(COC(C)=O)C(OC(C)=O)C(OC(C)=O)C2NC(C)=O)CC1)N(C(C)C)C(C)C. The second kappa shape index (κ2) is 65.3. The van der Waals surface area contributed by atoms with Gasteiger partial charge in [-0.15, -0.1) is 12.3 Å². The van der Waals surface area contributed by atoms with Crippen LogP contribution in [0.2, 0.25) is 0 Å². The predicted octanol–water partition coefficient (Wildman–Crippen LogP) is -1.05. The quantitative estimate of drug-likeness (QED) is 0.0118. The minimum absolute atomic E-state index is 0.0133. The Balaban J connectivity index is 1.49. The molecule has 50 heteroatoms. The van der Waals surface area contributed by atoms with E-state index in [4.69, 9.17) is 115 Å². The fourth-order valence-electron chi connectivity index (χ4n) is 14.5. The van der Waals surface area contributed by atoms with Crippen LogP contribution in [0.1, 0.15) is 169 Å². The maximum atomic E-state index is 14.9. The number of rotatable bonds is 64. The van der Waals surface area contributed by atoms with Crippen LogP contribution in [0.15, 0.2) is 0 Å². The number of esters is 9. The van der Waals surface area contributed by atoms with Crippen molar-refractivity contribution in [3.8, 4) is 12.3 Å². The average molecular weight is 1980 g/mol. The number of ether oxygens (including phenoxy) is 21. The van der Waals surface area contributed by atoms with Crippen LogP contribution in [0.3, 0.4) is 0 Å². The zero-order valence-electron chi connectivity index (χ0n) is 80.9. The van der Waals surface area contributed by atoms with E-state index in [2.05, 4.69) is 53.1 Å². The van der Waals surface area contributed by atoms with Gasteiger partial charge < -0.3 is 151 Å². The fourth-order valence-corrected chi connectivity index (χ4v) is 16.3. The molecule has 8 N–H and O–H groups in total. The molecule has 1 saturated carbocycles. The highest BCUT2D eigenvalue weighted by atomic mass is 31.2. The van der Waals surface area contributed by atoms with Gasteiger partial charge in [-0.3, -0.25) is 81.5 Å². The van der Waals surface area contributed by atoms with Crippen molar-refractivity contribution in [2.24, 2.45) is 5.92 Å². The molecule has 1 aliphatic carbocycles. The predicted molar refractivity (Wildman–Crippen MR) is 471 cm³/mol. The molecule has 0 radical (unpaired) electrons. The molecule has 3 heterocycles. The highest BCUT2D eigenvalue weighted by molar-refractivity contribution is 7.44. The van der Waals surface area contributed by atoms with E-state index in [0.717, 1.165) is 62.3 Å². The third-order valence-corrected chi connectivity index (χ3v) is 22.2. The van der Waals surface area contributed by atoms with Gasteiger partial charge in [-0.25, -0.2) is 4.67 Å². The summed E-state index contributed by atoms with van der Waals surface area (Å²) in [6.45, 7) is 17.5. The molecule has 137 heavy (non-hydrogen) atoms. The summed E-state index contributed by atoms with van der Waals surface area (Å²) in [6.07, 6.45) is -8.91. The molecule has 778 valence electrons. The summed E-state index contributed by atoms with van der Waals surface area (Å²) in [4.78, 5) is 214. The number of nitrogens with zero attached hydrogens (tertiary/aromatic N) is 1. The molecule has 3 aliphatic heterocycles. The van der Waals surface area contributed by atoms with Crippen LogP contribution in [0.5, 0.6) is 0 Å². The Kier molecular flexibility index (Phi) is 57.1. The molecule has 4 aliphatic rings. The third kappa shape index (κ3) is 48.2. The summed E-state index contributed by atoms with van der Waals surface area (Å²) in [5.41, 5.74) is -1.58. The lowest BCUT2D eigenvalue weighted by Crippen LogP contribution is -2.66. The van der Waals surface area contributed by atoms with E-state index < -0.39 is 239 Å². The summed E-state index contributed by atoms with van der Waals surface area (Å²) >= 11 is 0. The second-order valence-corrected chi connectivity index (χ2v) is 34.1. The van der Waals surface area contributed by atoms with Gasteiger partial charge in [0.1, 0.15) is 68.4 Å². The van der Waals surface area contributed by atoms with E-state index >= 15 is 0 Å². The fraction of sp³-hybridized carbons (Fsp3) is 0.782. The molecule has 8 amide bonds. The number of terminal acetylenes is 1. The van der Waals surface area contributed by atoms with Crippen LogP contribution in [-0.4, -0.2) is 373 Å². The lowest BCUT2D eigenvalue weighted by Gasteiger charge is -2.44. The molecule has 16 atom stereocenters. The van der Waals surface area contributed by atoms with Gasteiger partial charge in [0.05, 0.1) is 105 Å². The Morgan fingerprint density at radius 2 is 0.715 bits per heavy atom. The van der Waals surface area contributed by atoms with Crippen LogP contribution in [-0.2, 0) is 190 Å². The number of carbonyl (C=O) groups is 17. The van der Waals surface area contributed by atoms with E-state index in [1.807, 2.05) is 27.7 Å². The molecule has 49 nitrogen and oxygen atoms in total. The van der Waals surface area contributed by atoms with Crippen LogP contribution in [0.4, 0.5) is 0 Å². The first kappa shape index (κ1) is 120. The molecule has 0 aromatic heterocycles. The largest absolute Gasteiger partial charge is 0.463 e. The number of carbonyl (C=O) groups excluding carboxylic acids is 17. The van der Waals surface area contributed by atoms with E-state index in [1.54, 1.807) is 0 Å².